The molecule has 1 aromatic heterocycles. The van der Waals surface area contributed by atoms with E-state index in [0.29, 0.717) is 12.5 Å². The molecule has 1 amide bonds. The van der Waals surface area contributed by atoms with Gasteiger partial charge >= 0.3 is 0 Å². The molecule has 0 N–H and O–H groups in total. The van der Waals surface area contributed by atoms with E-state index in [1.807, 2.05) is 17.0 Å². The Morgan fingerprint density at radius 1 is 1.45 bits per heavy atom. The van der Waals surface area contributed by atoms with Gasteiger partial charge in [0.15, 0.2) is 0 Å². The highest BCUT2D eigenvalue weighted by Crippen LogP contribution is 2.21. The van der Waals surface area contributed by atoms with Crippen molar-refractivity contribution in [3.63, 3.8) is 0 Å². The Labute approximate surface area is 119 Å². The van der Waals surface area contributed by atoms with Gasteiger partial charge in [0.05, 0.1) is 12.8 Å². The highest BCUT2D eigenvalue weighted by Gasteiger charge is 2.22. The lowest BCUT2D eigenvalue weighted by atomic mass is 9.94. The van der Waals surface area contributed by atoms with E-state index in [9.17, 15) is 4.79 Å². The summed E-state index contributed by atoms with van der Waals surface area (Å²) in [5.41, 5.74) is 0. The molecule has 0 spiro atoms. The Morgan fingerprint density at radius 3 is 2.90 bits per heavy atom. The molecule has 1 aliphatic rings. The van der Waals surface area contributed by atoms with Crippen molar-refractivity contribution < 1.29 is 14.3 Å². The minimum absolute atomic E-state index is 0.0950. The van der Waals surface area contributed by atoms with Gasteiger partial charge in [0.2, 0.25) is 5.91 Å². The number of ether oxygens (including phenoxy) is 2. The Kier molecular flexibility index (Phi) is 5.80. The van der Waals surface area contributed by atoms with E-state index in [4.69, 9.17) is 9.47 Å². The largest absolute Gasteiger partial charge is 0.492 e. The minimum atomic E-state index is 0.0950. The molecule has 110 valence electrons. The average Bonchev–Trinajstić information content (AvgIpc) is 2.49. The number of methoxy groups -OCH3 is 1. The van der Waals surface area contributed by atoms with Crippen molar-refractivity contribution in [3.8, 4) is 5.75 Å². The summed E-state index contributed by atoms with van der Waals surface area (Å²) in [6.45, 7) is 2.57. The van der Waals surface area contributed by atoms with Gasteiger partial charge in [0, 0.05) is 26.4 Å². The molecule has 0 atom stereocenters. The van der Waals surface area contributed by atoms with Crippen LogP contribution >= 0.6 is 0 Å². The zero-order chi connectivity index (χ0) is 14.2. The third kappa shape index (κ3) is 4.49. The summed E-state index contributed by atoms with van der Waals surface area (Å²) in [5, 5.41) is 0. The van der Waals surface area contributed by atoms with Crippen molar-refractivity contribution in [2.75, 3.05) is 33.4 Å². The zero-order valence-electron chi connectivity index (χ0n) is 12.0. The first-order valence-electron chi connectivity index (χ1n) is 7.09. The molecule has 0 unspecified atom stereocenters. The SMILES string of the molecule is COCC(=O)N1CCC(CCOc2cccnc2)CC1. The summed E-state index contributed by atoms with van der Waals surface area (Å²) in [7, 11) is 1.56. The predicted octanol–water partition coefficient (Wildman–Crippen LogP) is 1.74. The Morgan fingerprint density at radius 2 is 2.25 bits per heavy atom. The van der Waals surface area contributed by atoms with Crippen LogP contribution in [-0.2, 0) is 9.53 Å². The number of aromatic nitrogens is 1. The maximum absolute atomic E-state index is 11.7. The van der Waals surface area contributed by atoms with Crippen LogP contribution in [0.2, 0.25) is 0 Å². The smallest absolute Gasteiger partial charge is 0.248 e. The number of hydrogen-bond donors (Lipinski definition) is 0. The maximum atomic E-state index is 11.7. The van der Waals surface area contributed by atoms with Crippen LogP contribution in [0.15, 0.2) is 24.5 Å². The molecule has 0 radical (unpaired) electrons. The quantitative estimate of drug-likeness (QED) is 0.795. The number of rotatable bonds is 6. The van der Waals surface area contributed by atoms with Crippen LogP contribution in [0.4, 0.5) is 0 Å². The molecule has 0 saturated carbocycles. The molecule has 5 heteroatoms. The second-order valence-corrected chi connectivity index (χ2v) is 5.08. The standard InChI is InChI=1S/C15H22N2O3/c1-19-12-15(18)17-8-4-13(5-9-17)6-10-20-14-3-2-7-16-11-14/h2-3,7,11,13H,4-6,8-10,12H2,1H3. The third-order valence-corrected chi connectivity index (χ3v) is 3.66. The predicted molar refractivity (Wildman–Crippen MR) is 75.5 cm³/mol. The van der Waals surface area contributed by atoms with Gasteiger partial charge in [-0.2, -0.15) is 0 Å². The Bertz CT molecular complexity index is 403. The number of carbonyl (C=O) groups is 1. The summed E-state index contributed by atoms with van der Waals surface area (Å²) in [6, 6.07) is 3.79. The molecule has 2 rings (SSSR count). The number of likely N-dealkylation sites (tertiary alicyclic amines) is 1. The number of amides is 1. The van der Waals surface area contributed by atoms with Gasteiger partial charge in [-0.25, -0.2) is 0 Å². The first-order chi connectivity index (χ1) is 9.79. The molecule has 1 aliphatic heterocycles. The monoisotopic (exact) mass is 278 g/mol. The summed E-state index contributed by atoms with van der Waals surface area (Å²) in [4.78, 5) is 17.6. The number of hydrogen-bond acceptors (Lipinski definition) is 4. The van der Waals surface area contributed by atoms with Crippen LogP contribution in [0.1, 0.15) is 19.3 Å². The van der Waals surface area contributed by atoms with Gasteiger partial charge in [-0.05, 0) is 37.3 Å². The van der Waals surface area contributed by atoms with Crippen molar-refractivity contribution in [2.24, 2.45) is 5.92 Å². The summed E-state index contributed by atoms with van der Waals surface area (Å²) in [5.74, 6) is 1.55. The van der Waals surface area contributed by atoms with Crippen LogP contribution in [0.3, 0.4) is 0 Å². The second-order valence-electron chi connectivity index (χ2n) is 5.08. The van der Waals surface area contributed by atoms with E-state index in [1.165, 1.54) is 0 Å². The molecule has 1 aromatic rings. The van der Waals surface area contributed by atoms with E-state index in [2.05, 4.69) is 4.98 Å². The number of piperidine rings is 1. The fourth-order valence-corrected chi connectivity index (χ4v) is 2.46. The topological polar surface area (TPSA) is 51.7 Å². The highest BCUT2D eigenvalue weighted by atomic mass is 16.5. The molecular formula is C15H22N2O3. The molecule has 0 aliphatic carbocycles. The summed E-state index contributed by atoms with van der Waals surface area (Å²) in [6.07, 6.45) is 6.59. The lowest BCUT2D eigenvalue weighted by Crippen LogP contribution is -2.40. The van der Waals surface area contributed by atoms with Gasteiger partial charge in [-0.15, -0.1) is 0 Å². The Balaban J connectivity index is 1.63. The summed E-state index contributed by atoms with van der Waals surface area (Å²) < 4.78 is 10.5. The van der Waals surface area contributed by atoms with E-state index in [1.54, 1.807) is 19.5 Å². The van der Waals surface area contributed by atoms with Gasteiger partial charge in [-0.1, -0.05) is 0 Å². The fourth-order valence-electron chi connectivity index (χ4n) is 2.46. The first kappa shape index (κ1) is 14.8. The van der Waals surface area contributed by atoms with Crippen LogP contribution in [0, 0.1) is 5.92 Å². The molecular weight excluding hydrogens is 256 g/mol. The highest BCUT2D eigenvalue weighted by molar-refractivity contribution is 5.77. The zero-order valence-corrected chi connectivity index (χ0v) is 12.0. The number of pyridine rings is 1. The van der Waals surface area contributed by atoms with Gasteiger partial charge in [0.1, 0.15) is 12.4 Å². The lowest BCUT2D eigenvalue weighted by Gasteiger charge is -2.31. The molecule has 1 saturated heterocycles. The van der Waals surface area contributed by atoms with E-state index in [-0.39, 0.29) is 12.5 Å². The fraction of sp³-hybridized carbons (Fsp3) is 0.600. The normalized spacial score (nSPS) is 16.1. The van der Waals surface area contributed by atoms with Crippen molar-refractivity contribution in [1.29, 1.82) is 0 Å². The van der Waals surface area contributed by atoms with E-state index >= 15 is 0 Å². The van der Waals surface area contributed by atoms with Crippen molar-refractivity contribution >= 4 is 5.91 Å². The molecule has 5 nitrogen and oxygen atoms in total. The van der Waals surface area contributed by atoms with E-state index in [0.717, 1.165) is 38.1 Å². The van der Waals surface area contributed by atoms with Crippen LogP contribution in [-0.4, -0.2) is 49.2 Å². The molecule has 20 heavy (non-hydrogen) atoms. The lowest BCUT2D eigenvalue weighted by molar-refractivity contribution is -0.136. The van der Waals surface area contributed by atoms with Gasteiger partial charge in [0.25, 0.3) is 0 Å². The Hall–Kier alpha value is -1.62. The minimum Gasteiger partial charge on any atom is -0.492 e. The molecule has 2 heterocycles. The van der Waals surface area contributed by atoms with Crippen LogP contribution < -0.4 is 4.74 Å². The van der Waals surface area contributed by atoms with E-state index < -0.39 is 0 Å². The molecule has 0 aromatic carbocycles. The average molecular weight is 278 g/mol. The van der Waals surface area contributed by atoms with Crippen molar-refractivity contribution in [1.82, 2.24) is 9.88 Å². The number of nitrogens with zero attached hydrogens (tertiary/aromatic N) is 2. The van der Waals surface area contributed by atoms with Crippen LogP contribution in [0.25, 0.3) is 0 Å². The summed E-state index contributed by atoms with van der Waals surface area (Å²) >= 11 is 0. The molecule has 1 fully saturated rings. The molecule has 0 bridgehead atoms. The van der Waals surface area contributed by atoms with Gasteiger partial charge < -0.3 is 14.4 Å². The first-order valence-corrected chi connectivity index (χ1v) is 7.09. The maximum Gasteiger partial charge on any atom is 0.248 e. The van der Waals surface area contributed by atoms with Crippen molar-refractivity contribution in [3.05, 3.63) is 24.5 Å². The van der Waals surface area contributed by atoms with Crippen LogP contribution in [0.5, 0.6) is 5.75 Å². The van der Waals surface area contributed by atoms with Gasteiger partial charge in [-0.3, -0.25) is 9.78 Å². The second kappa shape index (κ2) is 7.85. The third-order valence-electron chi connectivity index (χ3n) is 3.66. The van der Waals surface area contributed by atoms with Crippen molar-refractivity contribution in [2.45, 2.75) is 19.3 Å². The number of carbonyl (C=O) groups excluding carboxylic acids is 1.